The lowest BCUT2D eigenvalue weighted by Gasteiger charge is -2.35. The monoisotopic (exact) mass is 487 g/mol. The predicted molar refractivity (Wildman–Crippen MR) is 137 cm³/mol. The van der Waals surface area contributed by atoms with Crippen molar-refractivity contribution in [2.45, 2.75) is 38.6 Å². The van der Waals surface area contributed by atoms with Crippen LogP contribution in [-0.4, -0.2) is 59.2 Å². The molecule has 186 valence electrons. The number of fused-ring (bicyclic) bond motifs is 1. The molecule has 0 amide bonds. The van der Waals surface area contributed by atoms with E-state index in [1.165, 1.54) is 5.56 Å². The van der Waals surface area contributed by atoms with Gasteiger partial charge in [-0.1, -0.05) is 6.07 Å². The summed E-state index contributed by atoms with van der Waals surface area (Å²) < 4.78 is 20.7. The molecule has 0 saturated carbocycles. The fraction of sp³-hybridized carbons (Fsp3) is 0.407. The molecular formula is C27H30FN7O. The predicted octanol–water partition coefficient (Wildman–Crippen LogP) is 4.71. The second kappa shape index (κ2) is 10.1. The van der Waals surface area contributed by atoms with E-state index >= 15 is 0 Å². The minimum atomic E-state index is -0.567. The number of likely N-dealkylation sites (tertiary alicyclic amines) is 1. The van der Waals surface area contributed by atoms with Crippen molar-refractivity contribution in [1.82, 2.24) is 19.9 Å². The lowest BCUT2D eigenvalue weighted by Crippen LogP contribution is -2.38. The second-order valence-electron chi connectivity index (χ2n) is 9.69. The third kappa shape index (κ3) is 4.82. The standard InChI is InChI=1S/C27H30FN7O/c1-17(2)35-10-11-36-26-21(14-29)12-20(13-23(26)35)25-22(28)16-31-27(33-25)32-24-5-4-19(15-30-24)18-6-8-34(3)9-7-18/h4-5,12-13,15-18H,6-11H2,1-3H3,(H,30,31,32,33). The molecule has 1 saturated heterocycles. The van der Waals surface area contributed by atoms with Crippen LogP contribution in [0.25, 0.3) is 11.3 Å². The molecule has 1 N–H and O–H groups in total. The lowest BCUT2D eigenvalue weighted by atomic mass is 9.91. The van der Waals surface area contributed by atoms with Gasteiger partial charge in [0.25, 0.3) is 0 Å². The van der Waals surface area contributed by atoms with E-state index in [1.807, 2.05) is 18.3 Å². The summed E-state index contributed by atoms with van der Waals surface area (Å²) in [5, 5.41) is 12.8. The summed E-state index contributed by atoms with van der Waals surface area (Å²) in [5.74, 6) is 1.31. The summed E-state index contributed by atoms with van der Waals surface area (Å²) in [7, 11) is 2.15. The number of benzene rings is 1. The number of ether oxygens (including phenoxy) is 1. The molecule has 0 atom stereocenters. The Hall–Kier alpha value is -3.77. The average molecular weight is 488 g/mol. The Morgan fingerprint density at radius 1 is 1.14 bits per heavy atom. The van der Waals surface area contributed by atoms with Crippen LogP contribution in [0.15, 0.2) is 36.7 Å². The Balaban J connectivity index is 1.41. The van der Waals surface area contributed by atoms with Crippen molar-refractivity contribution in [1.29, 1.82) is 5.26 Å². The first-order valence-corrected chi connectivity index (χ1v) is 12.3. The molecule has 0 bridgehead atoms. The van der Waals surface area contributed by atoms with Gasteiger partial charge in [0.05, 0.1) is 24.0 Å². The summed E-state index contributed by atoms with van der Waals surface area (Å²) >= 11 is 0. The number of halogens is 1. The maximum Gasteiger partial charge on any atom is 0.229 e. The topological polar surface area (TPSA) is 90.2 Å². The molecule has 2 aliphatic heterocycles. The fourth-order valence-corrected chi connectivity index (χ4v) is 4.91. The molecule has 0 unspecified atom stereocenters. The van der Waals surface area contributed by atoms with Crippen molar-refractivity contribution in [2.24, 2.45) is 0 Å². The van der Waals surface area contributed by atoms with Crippen LogP contribution < -0.4 is 15.0 Å². The molecule has 2 aromatic heterocycles. The number of hydrogen-bond donors (Lipinski definition) is 1. The lowest BCUT2D eigenvalue weighted by molar-refractivity contribution is 0.255. The van der Waals surface area contributed by atoms with Gasteiger partial charge in [-0.15, -0.1) is 0 Å². The Bertz CT molecular complexity index is 1280. The molecule has 9 heteroatoms. The molecular weight excluding hydrogens is 457 g/mol. The Labute approximate surface area is 210 Å². The summed E-state index contributed by atoms with van der Waals surface area (Å²) in [6, 6.07) is 9.83. The molecule has 1 aromatic carbocycles. The number of anilines is 3. The minimum absolute atomic E-state index is 0.115. The van der Waals surface area contributed by atoms with E-state index < -0.39 is 5.82 Å². The first-order chi connectivity index (χ1) is 17.4. The van der Waals surface area contributed by atoms with Crippen LogP contribution >= 0.6 is 0 Å². The van der Waals surface area contributed by atoms with Crippen molar-refractivity contribution >= 4 is 17.5 Å². The zero-order chi connectivity index (χ0) is 25.2. The van der Waals surface area contributed by atoms with Gasteiger partial charge in [-0.2, -0.15) is 5.26 Å². The van der Waals surface area contributed by atoms with Crippen LogP contribution in [0.2, 0.25) is 0 Å². The molecule has 8 nitrogen and oxygen atoms in total. The van der Waals surface area contributed by atoms with Gasteiger partial charge in [0, 0.05) is 17.8 Å². The fourth-order valence-electron chi connectivity index (χ4n) is 4.91. The maximum absolute atomic E-state index is 14.9. The van der Waals surface area contributed by atoms with E-state index in [4.69, 9.17) is 4.74 Å². The summed E-state index contributed by atoms with van der Waals surface area (Å²) in [6.45, 7) is 7.52. The number of nitrogens with zero attached hydrogens (tertiary/aromatic N) is 6. The van der Waals surface area contributed by atoms with Gasteiger partial charge in [-0.05, 0) is 76.5 Å². The first kappa shape index (κ1) is 23.9. The van der Waals surface area contributed by atoms with Crippen LogP contribution in [0.1, 0.15) is 43.7 Å². The summed E-state index contributed by atoms with van der Waals surface area (Å²) in [5.41, 5.74) is 2.96. The number of hydrogen-bond acceptors (Lipinski definition) is 8. The van der Waals surface area contributed by atoms with E-state index in [-0.39, 0.29) is 17.7 Å². The van der Waals surface area contributed by atoms with Gasteiger partial charge in [0.2, 0.25) is 5.95 Å². The third-order valence-electron chi connectivity index (χ3n) is 6.93. The molecule has 0 aliphatic carbocycles. The molecule has 1 fully saturated rings. The SMILES string of the molecule is CC(C)N1CCOc2c(C#N)cc(-c3nc(Nc4ccc(C5CCN(C)CC5)cn4)ncc3F)cc21. The molecule has 0 radical (unpaired) electrons. The average Bonchev–Trinajstić information content (AvgIpc) is 2.89. The second-order valence-corrected chi connectivity index (χ2v) is 9.69. The Morgan fingerprint density at radius 2 is 1.94 bits per heavy atom. The number of nitrogens with one attached hydrogen (secondary N) is 1. The quantitative estimate of drug-likeness (QED) is 0.553. The maximum atomic E-state index is 14.9. The van der Waals surface area contributed by atoms with Gasteiger partial charge < -0.3 is 19.9 Å². The molecule has 2 aliphatic rings. The number of pyridine rings is 1. The van der Waals surface area contributed by atoms with Crippen LogP contribution in [0.3, 0.4) is 0 Å². The number of aromatic nitrogens is 3. The third-order valence-corrected chi connectivity index (χ3v) is 6.93. The van der Waals surface area contributed by atoms with E-state index in [9.17, 15) is 9.65 Å². The molecule has 5 rings (SSSR count). The van der Waals surface area contributed by atoms with Crippen LogP contribution in [0.4, 0.5) is 21.8 Å². The smallest absolute Gasteiger partial charge is 0.229 e. The van der Waals surface area contributed by atoms with Gasteiger partial charge in [-0.25, -0.2) is 19.3 Å². The highest BCUT2D eigenvalue weighted by Crippen LogP contribution is 2.40. The van der Waals surface area contributed by atoms with Crippen LogP contribution in [0.5, 0.6) is 5.75 Å². The van der Waals surface area contributed by atoms with E-state index in [1.54, 1.807) is 6.07 Å². The molecule has 36 heavy (non-hydrogen) atoms. The normalized spacial score (nSPS) is 16.4. The van der Waals surface area contributed by atoms with Crippen molar-refractivity contribution in [3.8, 4) is 23.1 Å². The highest BCUT2D eigenvalue weighted by molar-refractivity contribution is 5.76. The van der Waals surface area contributed by atoms with Gasteiger partial charge in [0.1, 0.15) is 24.2 Å². The van der Waals surface area contributed by atoms with E-state index in [0.29, 0.717) is 41.8 Å². The highest BCUT2D eigenvalue weighted by Gasteiger charge is 2.25. The van der Waals surface area contributed by atoms with Gasteiger partial charge in [-0.3, -0.25) is 0 Å². The van der Waals surface area contributed by atoms with E-state index in [0.717, 1.165) is 37.8 Å². The molecule has 3 aromatic rings. The Kier molecular flexibility index (Phi) is 6.70. The number of nitriles is 1. The zero-order valence-corrected chi connectivity index (χ0v) is 20.8. The summed E-state index contributed by atoms with van der Waals surface area (Å²) in [4.78, 5) is 17.6. The van der Waals surface area contributed by atoms with E-state index in [2.05, 4.69) is 63.1 Å². The minimum Gasteiger partial charge on any atom is -0.488 e. The van der Waals surface area contributed by atoms with Gasteiger partial charge >= 0.3 is 0 Å². The summed E-state index contributed by atoms with van der Waals surface area (Å²) in [6.07, 6.45) is 5.28. The Morgan fingerprint density at radius 3 is 2.64 bits per heavy atom. The first-order valence-electron chi connectivity index (χ1n) is 12.3. The van der Waals surface area contributed by atoms with Crippen LogP contribution in [-0.2, 0) is 0 Å². The van der Waals surface area contributed by atoms with Gasteiger partial charge in [0.15, 0.2) is 11.6 Å². The largest absolute Gasteiger partial charge is 0.488 e. The van der Waals surface area contributed by atoms with Crippen molar-refractivity contribution in [3.63, 3.8) is 0 Å². The van der Waals surface area contributed by atoms with Crippen LogP contribution in [0, 0.1) is 17.1 Å². The molecule has 4 heterocycles. The number of rotatable bonds is 5. The zero-order valence-electron chi connectivity index (χ0n) is 20.8. The highest BCUT2D eigenvalue weighted by atomic mass is 19.1. The van der Waals surface area contributed by atoms with Crippen molar-refractivity contribution in [3.05, 3.63) is 53.6 Å². The molecule has 0 spiro atoms. The number of piperidine rings is 1. The van der Waals surface area contributed by atoms with Crippen molar-refractivity contribution in [2.75, 3.05) is 43.5 Å². The van der Waals surface area contributed by atoms with Crippen molar-refractivity contribution < 1.29 is 9.13 Å².